The lowest BCUT2D eigenvalue weighted by Gasteiger charge is -1.93. The molecule has 0 spiro atoms. The third-order valence-electron chi connectivity index (χ3n) is 2.48. The first-order valence-corrected chi connectivity index (χ1v) is 4.82. The van der Waals surface area contributed by atoms with Crippen LogP contribution in [-0.4, -0.2) is 11.2 Å². The van der Waals surface area contributed by atoms with Gasteiger partial charge in [-0.3, -0.25) is 14.9 Å². The number of nitro benzene ring substituents is 1. The van der Waals surface area contributed by atoms with E-state index in [4.69, 9.17) is 4.42 Å². The lowest BCUT2D eigenvalue weighted by atomic mass is 10.1. The molecule has 0 fully saturated rings. The molecule has 5 nitrogen and oxygen atoms in total. The van der Waals surface area contributed by atoms with Crippen molar-refractivity contribution >= 4 is 22.9 Å². The Morgan fingerprint density at radius 1 is 1.50 bits per heavy atom. The predicted octanol–water partition coefficient (Wildman–Crippen LogP) is 2.72. The van der Waals surface area contributed by atoms with E-state index in [2.05, 4.69) is 0 Å². The molecule has 82 valence electrons. The number of nitrogens with zero attached hydrogens (tertiary/aromatic N) is 1. The van der Waals surface area contributed by atoms with Gasteiger partial charge in [0.1, 0.15) is 5.58 Å². The van der Waals surface area contributed by atoms with Crippen molar-refractivity contribution in [3.8, 4) is 0 Å². The molecule has 0 radical (unpaired) electrons. The Kier molecular flexibility index (Phi) is 2.44. The quantitative estimate of drug-likeness (QED) is 0.452. The van der Waals surface area contributed by atoms with Crippen LogP contribution < -0.4 is 0 Å². The SMILES string of the molecule is CCc1c(C=O)oc2ccc([N+](=O)[O-])cc12. The Balaban J connectivity index is 2.75. The van der Waals surface area contributed by atoms with Gasteiger partial charge in [-0.25, -0.2) is 0 Å². The van der Waals surface area contributed by atoms with Crippen LogP contribution in [0.5, 0.6) is 0 Å². The number of furan rings is 1. The highest BCUT2D eigenvalue weighted by molar-refractivity contribution is 5.90. The summed E-state index contributed by atoms with van der Waals surface area (Å²) in [5.74, 6) is 0.248. The standard InChI is InChI=1S/C11H9NO4/c1-2-8-9-5-7(12(14)15)3-4-10(9)16-11(8)6-13/h3-6H,2H2,1H3. The van der Waals surface area contributed by atoms with Gasteiger partial charge >= 0.3 is 0 Å². The van der Waals surface area contributed by atoms with Crippen LogP contribution in [-0.2, 0) is 6.42 Å². The molecular weight excluding hydrogens is 210 g/mol. The summed E-state index contributed by atoms with van der Waals surface area (Å²) in [6.45, 7) is 1.87. The molecular formula is C11H9NO4. The molecule has 1 aromatic carbocycles. The molecule has 0 aliphatic heterocycles. The van der Waals surface area contributed by atoms with Gasteiger partial charge in [-0.15, -0.1) is 0 Å². The van der Waals surface area contributed by atoms with Crippen molar-refractivity contribution in [3.63, 3.8) is 0 Å². The van der Waals surface area contributed by atoms with Gasteiger partial charge in [-0.1, -0.05) is 6.92 Å². The number of aldehydes is 1. The summed E-state index contributed by atoms with van der Waals surface area (Å²) in [7, 11) is 0. The highest BCUT2D eigenvalue weighted by Crippen LogP contribution is 2.28. The fourth-order valence-electron chi connectivity index (χ4n) is 1.73. The van der Waals surface area contributed by atoms with Crippen molar-refractivity contribution < 1.29 is 14.1 Å². The van der Waals surface area contributed by atoms with E-state index < -0.39 is 4.92 Å². The molecule has 0 aliphatic rings. The van der Waals surface area contributed by atoms with Crippen LogP contribution in [0.2, 0.25) is 0 Å². The minimum Gasteiger partial charge on any atom is -0.453 e. The Bertz CT molecular complexity index is 571. The maximum Gasteiger partial charge on any atom is 0.270 e. The van der Waals surface area contributed by atoms with E-state index in [9.17, 15) is 14.9 Å². The van der Waals surface area contributed by atoms with Crippen LogP contribution in [0.4, 0.5) is 5.69 Å². The molecule has 0 saturated carbocycles. The zero-order valence-electron chi connectivity index (χ0n) is 8.60. The third-order valence-corrected chi connectivity index (χ3v) is 2.48. The van der Waals surface area contributed by atoms with E-state index in [1.807, 2.05) is 6.92 Å². The maximum absolute atomic E-state index is 10.7. The van der Waals surface area contributed by atoms with Crippen molar-refractivity contribution in [3.05, 3.63) is 39.6 Å². The topological polar surface area (TPSA) is 73.3 Å². The van der Waals surface area contributed by atoms with Gasteiger partial charge in [0.2, 0.25) is 0 Å². The fraction of sp³-hybridized carbons (Fsp3) is 0.182. The minimum atomic E-state index is -0.466. The summed E-state index contributed by atoms with van der Waals surface area (Å²) in [4.78, 5) is 20.9. The van der Waals surface area contributed by atoms with E-state index in [0.29, 0.717) is 29.2 Å². The van der Waals surface area contributed by atoms with Gasteiger partial charge in [0, 0.05) is 23.1 Å². The van der Waals surface area contributed by atoms with E-state index >= 15 is 0 Å². The number of carbonyl (C=O) groups excluding carboxylic acids is 1. The summed E-state index contributed by atoms with van der Waals surface area (Å²) < 4.78 is 5.28. The average Bonchev–Trinajstić information content (AvgIpc) is 2.65. The Morgan fingerprint density at radius 2 is 2.25 bits per heavy atom. The normalized spacial score (nSPS) is 10.6. The van der Waals surface area contributed by atoms with E-state index in [1.54, 1.807) is 0 Å². The van der Waals surface area contributed by atoms with E-state index in [1.165, 1.54) is 18.2 Å². The molecule has 0 N–H and O–H groups in total. The highest BCUT2D eigenvalue weighted by atomic mass is 16.6. The average molecular weight is 219 g/mol. The second-order valence-electron chi connectivity index (χ2n) is 3.35. The molecule has 5 heteroatoms. The largest absolute Gasteiger partial charge is 0.453 e. The number of hydrogen-bond acceptors (Lipinski definition) is 4. The molecule has 1 aromatic heterocycles. The zero-order valence-corrected chi connectivity index (χ0v) is 8.60. The van der Waals surface area contributed by atoms with Gasteiger partial charge in [-0.2, -0.15) is 0 Å². The van der Waals surface area contributed by atoms with Crippen LogP contribution >= 0.6 is 0 Å². The Morgan fingerprint density at radius 3 is 2.81 bits per heavy atom. The monoisotopic (exact) mass is 219 g/mol. The summed E-state index contributed by atoms with van der Waals surface area (Å²) in [6.07, 6.45) is 1.23. The van der Waals surface area contributed by atoms with Crippen molar-refractivity contribution in [1.82, 2.24) is 0 Å². The number of rotatable bonds is 3. The van der Waals surface area contributed by atoms with Crippen LogP contribution in [0, 0.1) is 10.1 Å². The summed E-state index contributed by atoms with van der Waals surface area (Å²) in [5.41, 5.74) is 1.22. The van der Waals surface area contributed by atoms with E-state index in [-0.39, 0.29) is 11.4 Å². The number of carbonyl (C=O) groups is 1. The molecule has 2 aromatic rings. The van der Waals surface area contributed by atoms with Gasteiger partial charge in [0.15, 0.2) is 12.0 Å². The highest BCUT2D eigenvalue weighted by Gasteiger charge is 2.15. The number of non-ortho nitro benzene ring substituents is 1. The molecule has 0 bridgehead atoms. The number of aryl methyl sites for hydroxylation is 1. The summed E-state index contributed by atoms with van der Waals surface area (Å²) >= 11 is 0. The Hall–Kier alpha value is -2.17. The second kappa shape index (κ2) is 3.77. The molecule has 2 rings (SSSR count). The molecule has 0 atom stereocenters. The number of hydrogen-bond donors (Lipinski definition) is 0. The third kappa shape index (κ3) is 1.46. The first-order chi connectivity index (χ1) is 7.67. The van der Waals surface area contributed by atoms with E-state index in [0.717, 1.165) is 0 Å². The van der Waals surface area contributed by atoms with Gasteiger partial charge in [0.05, 0.1) is 4.92 Å². The smallest absolute Gasteiger partial charge is 0.270 e. The van der Waals surface area contributed by atoms with Crippen LogP contribution in [0.25, 0.3) is 11.0 Å². The second-order valence-corrected chi connectivity index (χ2v) is 3.35. The molecule has 16 heavy (non-hydrogen) atoms. The predicted molar refractivity (Wildman–Crippen MR) is 57.6 cm³/mol. The molecule has 0 amide bonds. The van der Waals surface area contributed by atoms with Crippen LogP contribution in [0.3, 0.4) is 0 Å². The molecule has 1 heterocycles. The van der Waals surface area contributed by atoms with Gasteiger partial charge < -0.3 is 4.42 Å². The summed E-state index contributed by atoms with van der Waals surface area (Å²) in [6, 6.07) is 4.31. The molecule has 0 aliphatic carbocycles. The first-order valence-electron chi connectivity index (χ1n) is 4.82. The Labute approximate surface area is 90.8 Å². The number of fused-ring (bicyclic) bond motifs is 1. The van der Waals surface area contributed by atoms with Crippen molar-refractivity contribution in [2.45, 2.75) is 13.3 Å². The summed E-state index contributed by atoms with van der Waals surface area (Å²) in [5, 5.41) is 11.3. The van der Waals surface area contributed by atoms with Gasteiger partial charge in [0.25, 0.3) is 5.69 Å². The maximum atomic E-state index is 10.7. The zero-order chi connectivity index (χ0) is 11.7. The lowest BCUT2D eigenvalue weighted by Crippen LogP contribution is -1.88. The molecule has 0 unspecified atom stereocenters. The lowest BCUT2D eigenvalue weighted by molar-refractivity contribution is -0.384. The number of nitro groups is 1. The first kappa shape index (κ1) is 10.4. The van der Waals surface area contributed by atoms with Crippen LogP contribution in [0.1, 0.15) is 23.0 Å². The fourth-order valence-corrected chi connectivity index (χ4v) is 1.73. The van der Waals surface area contributed by atoms with Gasteiger partial charge in [-0.05, 0) is 12.5 Å². The van der Waals surface area contributed by atoms with Crippen molar-refractivity contribution in [1.29, 1.82) is 0 Å². The number of benzene rings is 1. The van der Waals surface area contributed by atoms with Crippen molar-refractivity contribution in [2.75, 3.05) is 0 Å². The molecule has 0 saturated heterocycles. The van der Waals surface area contributed by atoms with Crippen molar-refractivity contribution in [2.24, 2.45) is 0 Å². The van der Waals surface area contributed by atoms with Crippen LogP contribution in [0.15, 0.2) is 22.6 Å². The minimum absolute atomic E-state index is 0.000416.